The highest BCUT2D eigenvalue weighted by Crippen LogP contribution is 2.41. The zero-order valence-corrected chi connectivity index (χ0v) is 18.6. The number of hydrogen-bond acceptors (Lipinski definition) is 8. The smallest absolute Gasteiger partial charge is 0.220 e. The molecule has 0 aliphatic carbocycles. The van der Waals surface area contributed by atoms with Gasteiger partial charge in [0.2, 0.25) is 6.54 Å². The van der Waals surface area contributed by atoms with Crippen molar-refractivity contribution in [2.75, 3.05) is 27.4 Å². The minimum absolute atomic E-state index is 0.316. The third-order valence-corrected chi connectivity index (χ3v) is 5.71. The predicted molar refractivity (Wildman–Crippen MR) is 117 cm³/mol. The van der Waals surface area contributed by atoms with Gasteiger partial charge in [-0.05, 0) is 56.3 Å². The lowest BCUT2D eigenvalue weighted by Crippen LogP contribution is -2.12. The largest absolute Gasteiger partial charge is 0.497 e. The number of methoxy groups -OCH3 is 2. The summed E-state index contributed by atoms with van der Waals surface area (Å²) in [5, 5.41) is 19.9. The van der Waals surface area contributed by atoms with Gasteiger partial charge in [0.05, 0.1) is 20.8 Å². The van der Waals surface area contributed by atoms with Crippen molar-refractivity contribution in [1.29, 1.82) is 0 Å². The average Bonchev–Trinajstić information content (AvgIpc) is 3.13. The number of ether oxygens (including phenoxy) is 3. The lowest BCUT2D eigenvalue weighted by Gasteiger charge is -2.17. The number of rotatable bonds is 10. The van der Waals surface area contributed by atoms with Gasteiger partial charge >= 0.3 is 0 Å². The van der Waals surface area contributed by atoms with Crippen molar-refractivity contribution >= 4 is 11.8 Å². The van der Waals surface area contributed by atoms with E-state index in [0.717, 1.165) is 11.4 Å². The van der Waals surface area contributed by atoms with Gasteiger partial charge in [-0.15, -0.1) is 10.2 Å². The fraction of sp³-hybridized carbons (Fsp3) is 0.333. The maximum absolute atomic E-state index is 11.4. The first-order chi connectivity index (χ1) is 15.0. The van der Waals surface area contributed by atoms with Gasteiger partial charge in [0.25, 0.3) is 0 Å². The number of hydrogen-bond donors (Lipinski definition) is 0. The molecular weight excluding hydrogens is 420 g/mol. The Morgan fingerprint density at radius 1 is 1.10 bits per heavy atom. The molecule has 9 nitrogen and oxygen atoms in total. The second-order valence-corrected chi connectivity index (χ2v) is 7.69. The van der Waals surface area contributed by atoms with Gasteiger partial charge in [-0.3, -0.25) is 14.7 Å². The third kappa shape index (κ3) is 5.26. The van der Waals surface area contributed by atoms with Crippen molar-refractivity contribution in [3.63, 3.8) is 0 Å². The molecule has 1 atom stereocenters. The molecule has 0 aliphatic rings. The Labute approximate surface area is 184 Å². The topological polar surface area (TPSA) is 102 Å². The number of nitrogens with zero attached hydrogens (tertiary/aromatic N) is 4. The van der Waals surface area contributed by atoms with E-state index in [2.05, 4.69) is 10.2 Å². The van der Waals surface area contributed by atoms with E-state index in [4.69, 9.17) is 14.2 Å². The van der Waals surface area contributed by atoms with Crippen molar-refractivity contribution in [2.45, 2.75) is 24.3 Å². The number of thioether (sulfide) groups is 1. The lowest BCUT2D eigenvalue weighted by molar-refractivity contribution is -0.479. The van der Waals surface area contributed by atoms with Gasteiger partial charge in [-0.25, -0.2) is 0 Å². The first-order valence-electron chi connectivity index (χ1n) is 9.62. The van der Waals surface area contributed by atoms with E-state index in [1.807, 2.05) is 42.7 Å². The van der Waals surface area contributed by atoms with Crippen molar-refractivity contribution in [3.05, 3.63) is 64.0 Å². The second kappa shape index (κ2) is 10.2. The van der Waals surface area contributed by atoms with Crippen LogP contribution in [0.4, 0.5) is 0 Å². The highest BCUT2D eigenvalue weighted by Gasteiger charge is 2.27. The van der Waals surface area contributed by atoms with E-state index in [0.29, 0.717) is 34.7 Å². The molecule has 0 N–H and O–H groups in total. The van der Waals surface area contributed by atoms with Gasteiger partial charge in [0.1, 0.15) is 28.3 Å². The Balaban J connectivity index is 1.99. The zero-order chi connectivity index (χ0) is 22.4. The fourth-order valence-electron chi connectivity index (χ4n) is 3.13. The monoisotopic (exact) mass is 444 g/mol. The molecule has 2 aromatic carbocycles. The summed E-state index contributed by atoms with van der Waals surface area (Å²) in [5.74, 6) is 2.57. The predicted octanol–water partition coefficient (Wildman–Crippen LogP) is 4.10. The number of nitro groups is 1. The zero-order valence-electron chi connectivity index (χ0n) is 17.8. The van der Waals surface area contributed by atoms with Crippen molar-refractivity contribution < 1.29 is 19.1 Å². The first kappa shape index (κ1) is 22.4. The summed E-state index contributed by atoms with van der Waals surface area (Å²) in [5.41, 5.74) is 1.49. The Bertz CT molecular complexity index is 1040. The highest BCUT2D eigenvalue weighted by atomic mass is 32.2. The van der Waals surface area contributed by atoms with Crippen LogP contribution in [0, 0.1) is 17.0 Å². The van der Waals surface area contributed by atoms with Crippen LogP contribution in [0.15, 0.2) is 47.6 Å². The van der Waals surface area contributed by atoms with E-state index >= 15 is 0 Å². The number of benzene rings is 2. The molecule has 0 spiro atoms. The van der Waals surface area contributed by atoms with Crippen LogP contribution in [0.5, 0.6) is 17.2 Å². The molecule has 0 aliphatic heterocycles. The second-order valence-electron chi connectivity index (χ2n) is 6.52. The van der Waals surface area contributed by atoms with E-state index < -0.39 is 5.25 Å². The standard InChI is InChI=1S/C21H24N4O5S/c1-5-30-16-8-6-15(7-9-16)25-14(2)22-23-21(25)31-20(13-24(26)27)18-12-17(28-3)10-11-19(18)29-4/h6-12,20H,5,13H2,1-4H3/t20-/m1/s1. The molecule has 0 radical (unpaired) electrons. The molecule has 0 saturated heterocycles. The summed E-state index contributed by atoms with van der Waals surface area (Å²) in [6.07, 6.45) is 0. The number of aryl methyl sites for hydroxylation is 1. The molecule has 164 valence electrons. The number of aromatic nitrogens is 3. The van der Waals surface area contributed by atoms with E-state index in [1.165, 1.54) is 18.9 Å². The molecule has 0 amide bonds. The molecule has 10 heteroatoms. The molecule has 1 aromatic heterocycles. The summed E-state index contributed by atoms with van der Waals surface area (Å²) < 4.78 is 18.1. The summed E-state index contributed by atoms with van der Waals surface area (Å²) in [7, 11) is 3.08. The van der Waals surface area contributed by atoms with Crippen molar-refractivity contribution in [2.24, 2.45) is 0 Å². The van der Waals surface area contributed by atoms with Crippen molar-refractivity contribution in [3.8, 4) is 22.9 Å². The molecule has 0 fully saturated rings. The van der Waals surface area contributed by atoms with E-state index in [1.54, 1.807) is 25.3 Å². The SMILES string of the molecule is CCOc1ccc(-n2c(C)nnc2S[C@H](C[N+](=O)[O-])c2cc(OC)ccc2OC)cc1. The maximum atomic E-state index is 11.4. The minimum Gasteiger partial charge on any atom is -0.497 e. The normalized spacial score (nSPS) is 11.7. The molecule has 0 saturated carbocycles. The Hall–Kier alpha value is -3.27. The van der Waals surface area contributed by atoms with Crippen LogP contribution in [0.3, 0.4) is 0 Å². The Morgan fingerprint density at radius 3 is 2.42 bits per heavy atom. The molecule has 3 rings (SSSR count). The minimum atomic E-state index is -0.565. The van der Waals surface area contributed by atoms with Gasteiger partial charge in [-0.2, -0.15) is 0 Å². The third-order valence-electron chi connectivity index (χ3n) is 4.55. The van der Waals surface area contributed by atoms with Crippen LogP contribution in [0.25, 0.3) is 5.69 Å². The van der Waals surface area contributed by atoms with Crippen LogP contribution >= 0.6 is 11.8 Å². The van der Waals surface area contributed by atoms with Gasteiger partial charge in [0.15, 0.2) is 5.16 Å². The van der Waals surface area contributed by atoms with Crippen molar-refractivity contribution in [1.82, 2.24) is 14.8 Å². The Morgan fingerprint density at radius 2 is 1.81 bits per heavy atom. The van der Waals surface area contributed by atoms with Gasteiger partial charge < -0.3 is 14.2 Å². The quantitative estimate of drug-likeness (QED) is 0.262. The summed E-state index contributed by atoms with van der Waals surface area (Å²) >= 11 is 1.26. The molecule has 0 bridgehead atoms. The molecule has 31 heavy (non-hydrogen) atoms. The maximum Gasteiger partial charge on any atom is 0.220 e. The van der Waals surface area contributed by atoms with E-state index in [-0.39, 0.29) is 11.5 Å². The van der Waals surface area contributed by atoms with Crippen LogP contribution < -0.4 is 14.2 Å². The lowest BCUT2D eigenvalue weighted by atomic mass is 10.1. The summed E-state index contributed by atoms with van der Waals surface area (Å²) in [6, 6.07) is 12.8. The molecular formula is C21H24N4O5S. The highest BCUT2D eigenvalue weighted by molar-refractivity contribution is 7.99. The summed E-state index contributed by atoms with van der Waals surface area (Å²) in [4.78, 5) is 11.1. The van der Waals surface area contributed by atoms with Crippen LogP contribution in [-0.4, -0.2) is 47.1 Å². The molecule has 1 heterocycles. The Kier molecular flexibility index (Phi) is 7.35. The van der Waals surface area contributed by atoms with Crippen LogP contribution in [0.2, 0.25) is 0 Å². The summed E-state index contributed by atoms with van der Waals surface area (Å²) in [6.45, 7) is 4.03. The van der Waals surface area contributed by atoms with Gasteiger partial charge in [0, 0.05) is 16.2 Å². The van der Waals surface area contributed by atoms with E-state index in [9.17, 15) is 10.1 Å². The molecule has 3 aromatic rings. The van der Waals surface area contributed by atoms with Crippen LogP contribution in [0.1, 0.15) is 23.6 Å². The first-order valence-corrected chi connectivity index (χ1v) is 10.5. The van der Waals surface area contributed by atoms with Crippen LogP contribution in [-0.2, 0) is 0 Å². The fourth-order valence-corrected chi connectivity index (χ4v) is 4.32. The molecule has 0 unspecified atom stereocenters. The average molecular weight is 445 g/mol. The van der Waals surface area contributed by atoms with Gasteiger partial charge in [-0.1, -0.05) is 11.8 Å².